The van der Waals surface area contributed by atoms with Gasteiger partial charge in [0.1, 0.15) is 0 Å². The molecule has 3 aromatic heterocycles. The first-order valence-electron chi connectivity index (χ1n) is 6.85. The predicted octanol–water partition coefficient (Wildman–Crippen LogP) is 2.30. The Kier molecular flexibility index (Phi) is 3.77. The molecule has 0 radical (unpaired) electrons. The Morgan fingerprint density at radius 1 is 1.23 bits per heavy atom. The van der Waals surface area contributed by atoms with Gasteiger partial charge in [-0.2, -0.15) is 5.10 Å². The molecular weight excluding hydrogens is 298 g/mol. The van der Waals surface area contributed by atoms with Crippen LogP contribution in [0.3, 0.4) is 0 Å². The van der Waals surface area contributed by atoms with Crippen molar-refractivity contribution in [3.63, 3.8) is 0 Å². The van der Waals surface area contributed by atoms with Crippen LogP contribution in [0.2, 0.25) is 0 Å². The van der Waals surface area contributed by atoms with Gasteiger partial charge in [-0.15, -0.1) is 11.3 Å². The van der Waals surface area contributed by atoms with Gasteiger partial charge < -0.3 is 4.57 Å². The third kappa shape index (κ3) is 2.78. The van der Waals surface area contributed by atoms with Crippen molar-refractivity contribution >= 4 is 17.1 Å². The molecule has 0 aliphatic heterocycles. The fraction of sp³-hybridized carbons (Fsp3) is 0.188. The maximum Gasteiger partial charge on any atom is 0.264 e. The van der Waals surface area contributed by atoms with Crippen LogP contribution in [0.1, 0.15) is 31.6 Å². The summed E-state index contributed by atoms with van der Waals surface area (Å²) in [4.78, 5) is 25.4. The molecule has 3 aromatic rings. The first kappa shape index (κ1) is 14.5. The number of hydrogen-bond acceptors (Lipinski definition) is 4. The molecule has 0 saturated heterocycles. The number of aromatic nitrogens is 3. The Bertz CT molecular complexity index is 868. The van der Waals surface area contributed by atoms with Gasteiger partial charge in [-0.1, -0.05) is 0 Å². The first-order valence-corrected chi connectivity index (χ1v) is 7.66. The Labute approximate surface area is 131 Å². The van der Waals surface area contributed by atoms with Crippen LogP contribution in [0.4, 0.5) is 0 Å². The minimum atomic E-state index is -0.223. The molecule has 0 unspecified atom stereocenters. The van der Waals surface area contributed by atoms with Crippen LogP contribution in [-0.4, -0.2) is 20.5 Å². The number of thiophene rings is 1. The summed E-state index contributed by atoms with van der Waals surface area (Å²) >= 11 is 1.50. The number of hydrogen-bond donors (Lipinski definition) is 1. The van der Waals surface area contributed by atoms with Gasteiger partial charge in [-0.3, -0.25) is 9.59 Å². The van der Waals surface area contributed by atoms with Crippen molar-refractivity contribution in [1.82, 2.24) is 14.8 Å². The van der Waals surface area contributed by atoms with E-state index in [-0.39, 0.29) is 11.3 Å². The van der Waals surface area contributed by atoms with Gasteiger partial charge in [-0.25, -0.2) is 5.10 Å². The number of ketones is 1. The molecule has 6 heteroatoms. The SMILES string of the molecule is Cc1ccc(C(=O)c2ccc(Cc3ccc(=O)[nH]n3)n2C)s1. The second-order valence-corrected chi connectivity index (χ2v) is 6.39. The van der Waals surface area contributed by atoms with E-state index in [1.807, 2.05) is 42.8 Å². The first-order chi connectivity index (χ1) is 10.5. The molecule has 0 amide bonds. The van der Waals surface area contributed by atoms with E-state index in [4.69, 9.17) is 0 Å². The van der Waals surface area contributed by atoms with Gasteiger partial charge in [0.05, 0.1) is 16.3 Å². The molecular formula is C16H15N3O2S. The fourth-order valence-corrected chi connectivity index (χ4v) is 3.12. The van der Waals surface area contributed by atoms with Gasteiger partial charge in [0, 0.05) is 30.1 Å². The zero-order valence-corrected chi connectivity index (χ0v) is 13.1. The van der Waals surface area contributed by atoms with E-state index in [1.54, 1.807) is 6.07 Å². The maximum atomic E-state index is 12.5. The van der Waals surface area contributed by atoms with Crippen molar-refractivity contribution < 1.29 is 4.79 Å². The molecule has 0 aliphatic rings. The summed E-state index contributed by atoms with van der Waals surface area (Å²) in [5, 5.41) is 6.41. The summed E-state index contributed by atoms with van der Waals surface area (Å²) in [6, 6.07) is 10.7. The zero-order valence-electron chi connectivity index (χ0n) is 12.3. The lowest BCUT2D eigenvalue weighted by Crippen LogP contribution is -2.11. The van der Waals surface area contributed by atoms with Crippen LogP contribution >= 0.6 is 11.3 Å². The quantitative estimate of drug-likeness (QED) is 0.752. The number of aryl methyl sites for hydroxylation is 1. The molecule has 22 heavy (non-hydrogen) atoms. The standard InChI is InChI=1S/C16H15N3O2S/c1-10-3-7-14(22-10)16(21)13-6-5-12(19(13)2)9-11-4-8-15(20)18-17-11/h3-8H,9H2,1-2H3,(H,18,20). The van der Waals surface area contributed by atoms with E-state index in [0.29, 0.717) is 12.1 Å². The second kappa shape index (κ2) is 5.73. The molecule has 3 heterocycles. The highest BCUT2D eigenvalue weighted by Crippen LogP contribution is 2.21. The van der Waals surface area contributed by atoms with Crippen molar-refractivity contribution in [3.8, 4) is 0 Å². The number of nitrogens with one attached hydrogen (secondary N) is 1. The number of rotatable bonds is 4. The third-order valence-corrected chi connectivity index (χ3v) is 4.52. The zero-order chi connectivity index (χ0) is 15.7. The smallest absolute Gasteiger partial charge is 0.264 e. The third-order valence-electron chi connectivity index (χ3n) is 3.52. The van der Waals surface area contributed by atoms with Gasteiger partial charge >= 0.3 is 0 Å². The number of H-pyrrole nitrogens is 1. The molecule has 3 rings (SSSR count). The minimum Gasteiger partial charge on any atom is -0.345 e. The molecule has 0 spiro atoms. The van der Waals surface area contributed by atoms with E-state index >= 15 is 0 Å². The summed E-state index contributed by atoms with van der Waals surface area (Å²) in [5.41, 5.74) is 2.16. The monoisotopic (exact) mass is 313 g/mol. The van der Waals surface area contributed by atoms with E-state index < -0.39 is 0 Å². The van der Waals surface area contributed by atoms with Crippen LogP contribution in [-0.2, 0) is 13.5 Å². The summed E-state index contributed by atoms with van der Waals surface area (Å²) in [6.45, 7) is 1.99. The topological polar surface area (TPSA) is 67.8 Å². The van der Waals surface area contributed by atoms with Crippen molar-refractivity contribution in [2.45, 2.75) is 13.3 Å². The van der Waals surface area contributed by atoms with E-state index in [2.05, 4.69) is 10.2 Å². The Morgan fingerprint density at radius 3 is 2.68 bits per heavy atom. The Balaban J connectivity index is 1.87. The average Bonchev–Trinajstić information content (AvgIpc) is 3.08. The summed E-state index contributed by atoms with van der Waals surface area (Å²) in [6.07, 6.45) is 0.560. The van der Waals surface area contributed by atoms with Gasteiger partial charge in [0.2, 0.25) is 5.78 Å². The average molecular weight is 313 g/mol. The molecule has 0 saturated carbocycles. The second-order valence-electron chi connectivity index (χ2n) is 5.10. The van der Waals surface area contributed by atoms with Gasteiger partial charge in [0.15, 0.2) is 0 Å². The maximum absolute atomic E-state index is 12.5. The summed E-state index contributed by atoms with van der Waals surface area (Å²) in [5.74, 6) is 0.0290. The van der Waals surface area contributed by atoms with E-state index in [1.165, 1.54) is 17.4 Å². The molecule has 5 nitrogen and oxygen atoms in total. The molecule has 112 valence electrons. The lowest BCUT2D eigenvalue weighted by molar-refractivity contribution is 0.103. The summed E-state index contributed by atoms with van der Waals surface area (Å²) in [7, 11) is 1.87. The van der Waals surface area contributed by atoms with Crippen LogP contribution in [0, 0.1) is 6.92 Å². The lowest BCUT2D eigenvalue weighted by atomic mass is 10.2. The molecule has 1 N–H and O–H groups in total. The molecule has 0 fully saturated rings. The lowest BCUT2D eigenvalue weighted by Gasteiger charge is -2.06. The highest BCUT2D eigenvalue weighted by molar-refractivity contribution is 7.14. The van der Waals surface area contributed by atoms with Crippen molar-refractivity contribution in [1.29, 1.82) is 0 Å². The number of carbonyl (C=O) groups excluding carboxylic acids is 1. The van der Waals surface area contributed by atoms with Crippen molar-refractivity contribution in [2.24, 2.45) is 7.05 Å². The Morgan fingerprint density at radius 2 is 2.05 bits per heavy atom. The van der Waals surface area contributed by atoms with Gasteiger partial charge in [-0.05, 0) is 37.3 Å². The highest BCUT2D eigenvalue weighted by atomic mass is 32.1. The van der Waals surface area contributed by atoms with Crippen LogP contribution in [0.15, 0.2) is 41.2 Å². The minimum absolute atomic E-state index is 0.0290. The number of aromatic amines is 1. The predicted molar refractivity (Wildman–Crippen MR) is 85.6 cm³/mol. The van der Waals surface area contributed by atoms with E-state index in [0.717, 1.165) is 21.1 Å². The van der Waals surface area contributed by atoms with Crippen LogP contribution in [0.25, 0.3) is 0 Å². The highest BCUT2D eigenvalue weighted by Gasteiger charge is 2.16. The van der Waals surface area contributed by atoms with Crippen molar-refractivity contribution in [3.05, 3.63) is 73.6 Å². The molecule has 0 aromatic carbocycles. The van der Waals surface area contributed by atoms with Gasteiger partial charge in [0.25, 0.3) is 5.56 Å². The van der Waals surface area contributed by atoms with Crippen LogP contribution < -0.4 is 5.56 Å². The summed E-state index contributed by atoms with van der Waals surface area (Å²) < 4.78 is 1.88. The fourth-order valence-electron chi connectivity index (χ4n) is 2.30. The number of carbonyl (C=O) groups is 1. The molecule has 0 atom stereocenters. The van der Waals surface area contributed by atoms with E-state index in [9.17, 15) is 9.59 Å². The largest absolute Gasteiger partial charge is 0.345 e. The molecule has 0 aliphatic carbocycles. The number of nitrogens with zero attached hydrogens (tertiary/aromatic N) is 2. The Hall–Kier alpha value is -2.47. The normalized spacial score (nSPS) is 10.8. The van der Waals surface area contributed by atoms with Crippen LogP contribution in [0.5, 0.6) is 0 Å². The molecule has 0 bridgehead atoms. The van der Waals surface area contributed by atoms with Crippen molar-refractivity contribution in [2.75, 3.05) is 0 Å².